The molecule has 0 bridgehead atoms. The number of fused-ring (bicyclic) bond motifs is 1. The van der Waals surface area contributed by atoms with E-state index in [1.54, 1.807) is 4.90 Å². The molecule has 2 amide bonds. The molecule has 48 heavy (non-hydrogen) atoms. The molecule has 0 aromatic heterocycles. The summed E-state index contributed by atoms with van der Waals surface area (Å²) in [7, 11) is 0. The zero-order chi connectivity index (χ0) is 33.5. The van der Waals surface area contributed by atoms with Gasteiger partial charge in [0, 0.05) is 30.3 Å². The summed E-state index contributed by atoms with van der Waals surface area (Å²) in [6.07, 6.45) is 6.11. The monoisotopic (exact) mass is 708 g/mol. The third kappa shape index (κ3) is 8.16. The van der Waals surface area contributed by atoms with E-state index < -0.39 is 24.0 Å². The fourth-order valence-corrected chi connectivity index (χ4v) is 7.43. The lowest BCUT2D eigenvalue weighted by Gasteiger charge is -2.37. The summed E-state index contributed by atoms with van der Waals surface area (Å²) in [5, 5.41) is 13.0. The van der Waals surface area contributed by atoms with E-state index in [0.717, 1.165) is 58.0 Å². The van der Waals surface area contributed by atoms with Crippen LogP contribution in [0.2, 0.25) is 0 Å². The summed E-state index contributed by atoms with van der Waals surface area (Å²) in [4.78, 5) is 42.1. The molecule has 248 valence electrons. The minimum atomic E-state index is -1.17. The summed E-state index contributed by atoms with van der Waals surface area (Å²) >= 11 is 3.59. The van der Waals surface area contributed by atoms with Gasteiger partial charge in [0.2, 0.25) is 11.8 Å². The molecule has 1 fully saturated rings. The number of aliphatic carboxylic acids is 1. The third-order valence-corrected chi connectivity index (χ3v) is 10.3. The number of carboxylic acids is 1. The second-order valence-electron chi connectivity index (χ2n) is 12.8. The number of halogens is 1. The highest BCUT2D eigenvalue weighted by Crippen LogP contribution is 2.36. The average Bonchev–Trinajstić information content (AvgIpc) is 3.62. The Morgan fingerprint density at radius 1 is 0.896 bits per heavy atom. The van der Waals surface area contributed by atoms with Crippen LogP contribution in [0.1, 0.15) is 60.4 Å². The predicted octanol–water partition coefficient (Wildman–Crippen LogP) is 7.56. The number of ether oxygens (including phenoxy) is 1. The van der Waals surface area contributed by atoms with Crippen molar-refractivity contribution in [3.8, 4) is 16.9 Å². The van der Waals surface area contributed by atoms with E-state index >= 15 is 0 Å². The van der Waals surface area contributed by atoms with Gasteiger partial charge in [0.05, 0.1) is 6.61 Å². The lowest BCUT2D eigenvalue weighted by Crippen LogP contribution is -2.51. The first-order chi connectivity index (χ1) is 23.4. The number of amides is 2. The van der Waals surface area contributed by atoms with Gasteiger partial charge in [0.15, 0.2) is 0 Å². The molecule has 2 aliphatic rings. The maximum absolute atomic E-state index is 14.2. The van der Waals surface area contributed by atoms with Crippen LogP contribution in [-0.4, -0.2) is 47.0 Å². The molecule has 8 heteroatoms. The van der Waals surface area contributed by atoms with Crippen LogP contribution in [0.25, 0.3) is 11.1 Å². The van der Waals surface area contributed by atoms with Gasteiger partial charge >= 0.3 is 5.97 Å². The van der Waals surface area contributed by atoms with Crippen molar-refractivity contribution in [3.63, 3.8) is 0 Å². The highest BCUT2D eigenvalue weighted by molar-refractivity contribution is 9.10. The summed E-state index contributed by atoms with van der Waals surface area (Å²) in [5.74, 6) is -0.748. The lowest BCUT2D eigenvalue weighted by molar-refractivity contribution is -0.145. The maximum Gasteiger partial charge on any atom is 0.326 e. The Hall–Kier alpha value is -4.43. The average molecular weight is 710 g/mol. The number of nitrogens with zero attached hydrogens (tertiary/aromatic N) is 1. The molecule has 0 radical (unpaired) electrons. The van der Waals surface area contributed by atoms with Gasteiger partial charge in [-0.3, -0.25) is 9.59 Å². The highest BCUT2D eigenvalue weighted by atomic mass is 79.9. The minimum absolute atomic E-state index is 0.0590. The first-order valence-electron chi connectivity index (χ1n) is 16.8. The summed E-state index contributed by atoms with van der Waals surface area (Å²) in [5.41, 5.74) is 5.67. The van der Waals surface area contributed by atoms with E-state index in [4.69, 9.17) is 4.74 Å². The standard InChI is InChI=1S/C40H41BrN2O5/c41-35-13-7-6-12-32(35)21-23-48-33-19-18-31-20-22-43(37(44)25-27-8-4-5-9-27)38(34(31)26-33)39(45)42-36(40(46)47)24-28-14-16-30(17-15-28)29-10-2-1-3-11-29/h1-3,6-7,10-19,26-27,36,38H,4-5,8-9,20-25H2,(H,42,45)(H,46,47)/t36-,38?/m0/s1. The second kappa shape index (κ2) is 15.6. The van der Waals surface area contributed by atoms with Gasteiger partial charge in [-0.1, -0.05) is 108 Å². The SMILES string of the molecule is O=C(N[C@@H](Cc1ccc(-c2ccccc2)cc1)C(=O)O)C1c2cc(OCCc3ccccc3Br)ccc2CCN1C(=O)CC1CCCC1. The van der Waals surface area contributed by atoms with Gasteiger partial charge < -0.3 is 20.1 Å². The maximum atomic E-state index is 14.2. The van der Waals surface area contributed by atoms with E-state index in [1.807, 2.05) is 97.1 Å². The fraction of sp³-hybridized carbons (Fsp3) is 0.325. The molecule has 1 aliphatic carbocycles. The van der Waals surface area contributed by atoms with Crippen molar-refractivity contribution in [1.29, 1.82) is 0 Å². The molecule has 1 unspecified atom stereocenters. The van der Waals surface area contributed by atoms with Crippen LogP contribution in [-0.2, 0) is 33.6 Å². The van der Waals surface area contributed by atoms with Crippen molar-refractivity contribution in [2.45, 2.75) is 63.5 Å². The molecule has 4 aromatic rings. The van der Waals surface area contributed by atoms with Crippen LogP contribution in [0.15, 0.2) is 102 Å². The Balaban J connectivity index is 1.22. The topological polar surface area (TPSA) is 95.9 Å². The van der Waals surface area contributed by atoms with Crippen molar-refractivity contribution < 1.29 is 24.2 Å². The van der Waals surface area contributed by atoms with Crippen molar-refractivity contribution in [3.05, 3.63) is 124 Å². The van der Waals surface area contributed by atoms with Crippen LogP contribution in [0.5, 0.6) is 5.75 Å². The van der Waals surface area contributed by atoms with Crippen LogP contribution in [0.4, 0.5) is 0 Å². The Bertz CT molecular complexity index is 1740. The molecular weight excluding hydrogens is 668 g/mol. The summed E-state index contributed by atoms with van der Waals surface area (Å²) in [6, 6.07) is 29.3. The summed E-state index contributed by atoms with van der Waals surface area (Å²) in [6.45, 7) is 0.838. The Kier molecular flexibility index (Phi) is 10.9. The predicted molar refractivity (Wildman–Crippen MR) is 190 cm³/mol. The van der Waals surface area contributed by atoms with E-state index in [0.29, 0.717) is 49.6 Å². The van der Waals surface area contributed by atoms with Crippen molar-refractivity contribution in [1.82, 2.24) is 10.2 Å². The van der Waals surface area contributed by atoms with E-state index in [-0.39, 0.29) is 12.3 Å². The molecule has 2 atom stereocenters. The van der Waals surface area contributed by atoms with Gasteiger partial charge in [0.1, 0.15) is 17.8 Å². The van der Waals surface area contributed by atoms with Gasteiger partial charge in [-0.15, -0.1) is 0 Å². The molecule has 0 saturated heterocycles. The molecule has 1 aliphatic heterocycles. The summed E-state index contributed by atoms with van der Waals surface area (Å²) < 4.78 is 7.17. The normalized spacial score (nSPS) is 16.6. The van der Waals surface area contributed by atoms with Gasteiger partial charge in [0.25, 0.3) is 0 Å². The quantitative estimate of drug-likeness (QED) is 0.158. The number of hydrogen-bond acceptors (Lipinski definition) is 4. The van der Waals surface area contributed by atoms with Gasteiger partial charge in [-0.25, -0.2) is 4.79 Å². The zero-order valence-corrected chi connectivity index (χ0v) is 28.5. The molecule has 4 aromatic carbocycles. The first kappa shape index (κ1) is 33.5. The molecular formula is C40H41BrN2O5. The molecule has 1 saturated carbocycles. The van der Waals surface area contributed by atoms with Crippen LogP contribution in [0.3, 0.4) is 0 Å². The minimum Gasteiger partial charge on any atom is -0.493 e. The molecule has 7 nitrogen and oxygen atoms in total. The number of rotatable bonds is 12. The smallest absolute Gasteiger partial charge is 0.326 e. The Morgan fingerprint density at radius 3 is 2.33 bits per heavy atom. The second-order valence-corrected chi connectivity index (χ2v) is 13.7. The number of benzene rings is 4. The number of carbonyl (C=O) groups is 3. The van der Waals surface area contributed by atoms with Gasteiger partial charge in [-0.2, -0.15) is 0 Å². The fourth-order valence-electron chi connectivity index (χ4n) is 6.94. The first-order valence-corrected chi connectivity index (χ1v) is 17.6. The Labute approximate surface area is 290 Å². The number of nitrogens with one attached hydrogen (secondary N) is 1. The number of carboxylic acid groups (broad SMARTS) is 1. The van der Waals surface area contributed by atoms with Crippen LogP contribution in [0, 0.1) is 5.92 Å². The van der Waals surface area contributed by atoms with Crippen molar-refractivity contribution in [2.24, 2.45) is 5.92 Å². The van der Waals surface area contributed by atoms with E-state index in [1.165, 1.54) is 0 Å². The van der Waals surface area contributed by atoms with E-state index in [2.05, 4.69) is 21.2 Å². The van der Waals surface area contributed by atoms with Gasteiger partial charge in [-0.05, 0) is 76.8 Å². The number of carbonyl (C=O) groups excluding carboxylic acids is 2. The van der Waals surface area contributed by atoms with Crippen molar-refractivity contribution in [2.75, 3.05) is 13.2 Å². The third-order valence-electron chi connectivity index (χ3n) is 9.57. The van der Waals surface area contributed by atoms with E-state index in [9.17, 15) is 19.5 Å². The van der Waals surface area contributed by atoms with Crippen molar-refractivity contribution >= 4 is 33.7 Å². The molecule has 0 spiro atoms. The lowest BCUT2D eigenvalue weighted by atomic mass is 9.90. The largest absolute Gasteiger partial charge is 0.493 e. The molecule has 1 heterocycles. The Morgan fingerprint density at radius 2 is 1.60 bits per heavy atom. The van der Waals surface area contributed by atoms with Crippen LogP contribution < -0.4 is 10.1 Å². The molecule has 6 rings (SSSR count). The van der Waals surface area contributed by atoms with Crippen LogP contribution >= 0.6 is 15.9 Å². The number of hydrogen-bond donors (Lipinski definition) is 2. The highest BCUT2D eigenvalue weighted by Gasteiger charge is 2.38. The zero-order valence-electron chi connectivity index (χ0n) is 26.9. The molecule has 2 N–H and O–H groups in total.